The predicted molar refractivity (Wildman–Crippen MR) is 200 cm³/mol. The Labute approximate surface area is 313 Å². The van der Waals surface area contributed by atoms with Crippen molar-refractivity contribution in [3.05, 3.63) is 47.6 Å². The molecule has 5 atom stereocenters. The topological polar surface area (TPSA) is 169 Å². The van der Waals surface area contributed by atoms with Gasteiger partial charge in [0.15, 0.2) is 0 Å². The number of alkyl carbamates (subject to hydrolysis) is 1. The number of aromatic nitrogens is 2. The Balaban J connectivity index is 1.35. The van der Waals surface area contributed by atoms with Crippen molar-refractivity contribution >= 4 is 46.1 Å². The number of benzene rings is 1. The van der Waals surface area contributed by atoms with Crippen LogP contribution in [0.3, 0.4) is 0 Å². The minimum absolute atomic E-state index is 0.0280. The third kappa shape index (κ3) is 8.58. The number of thiazole rings is 1. The van der Waals surface area contributed by atoms with Crippen LogP contribution in [0.25, 0.3) is 21.5 Å². The number of aliphatic carboxylic acids is 1. The van der Waals surface area contributed by atoms with Crippen molar-refractivity contribution in [3.8, 4) is 22.1 Å². The third-order valence-electron chi connectivity index (χ3n) is 9.85. The van der Waals surface area contributed by atoms with Crippen molar-refractivity contribution in [1.29, 1.82) is 0 Å². The van der Waals surface area contributed by atoms with Crippen LogP contribution in [0.5, 0.6) is 11.5 Å². The molecule has 53 heavy (non-hydrogen) atoms. The van der Waals surface area contributed by atoms with Gasteiger partial charge in [-0.3, -0.25) is 9.59 Å². The second-order valence-electron chi connectivity index (χ2n) is 15.4. The van der Waals surface area contributed by atoms with E-state index in [1.165, 1.54) is 4.90 Å². The van der Waals surface area contributed by atoms with Gasteiger partial charge in [-0.15, -0.1) is 11.3 Å². The highest BCUT2D eigenvalue weighted by molar-refractivity contribution is 7.15. The number of methoxy groups -OCH3 is 1. The average molecular weight is 748 g/mol. The van der Waals surface area contributed by atoms with Crippen LogP contribution in [0.15, 0.2) is 42.6 Å². The minimum atomic E-state index is -1.45. The molecule has 0 spiro atoms. The summed E-state index contributed by atoms with van der Waals surface area (Å²) in [5.74, 6) is -1.13. The predicted octanol–water partition coefficient (Wildman–Crippen LogP) is 6.21. The van der Waals surface area contributed by atoms with E-state index in [0.717, 1.165) is 29.1 Å². The number of hydrogen-bond donors (Lipinski definition) is 3. The van der Waals surface area contributed by atoms with Gasteiger partial charge in [0.05, 0.1) is 34.7 Å². The first kappa shape index (κ1) is 38.0. The van der Waals surface area contributed by atoms with Crippen molar-refractivity contribution in [1.82, 2.24) is 25.5 Å². The summed E-state index contributed by atoms with van der Waals surface area (Å²) in [6, 6.07) is 5.32. The fourth-order valence-electron chi connectivity index (χ4n) is 6.98. The van der Waals surface area contributed by atoms with E-state index in [2.05, 4.69) is 29.5 Å². The second-order valence-corrected chi connectivity index (χ2v) is 16.5. The largest absolute Gasteiger partial charge is 0.497 e. The highest BCUT2D eigenvalue weighted by Gasteiger charge is 2.61. The van der Waals surface area contributed by atoms with E-state index in [1.54, 1.807) is 45.4 Å². The number of carbonyl (C=O) groups is 4. The van der Waals surface area contributed by atoms with Crippen LogP contribution in [0.1, 0.15) is 90.5 Å². The molecule has 4 heterocycles. The van der Waals surface area contributed by atoms with E-state index < -0.39 is 53.2 Å². The summed E-state index contributed by atoms with van der Waals surface area (Å²) in [7, 11) is 1.58. The Morgan fingerprint density at radius 1 is 1.15 bits per heavy atom. The highest BCUT2D eigenvalue weighted by Crippen LogP contribution is 2.45. The molecule has 0 bridgehead atoms. The van der Waals surface area contributed by atoms with Crippen LogP contribution in [-0.4, -0.2) is 86.8 Å². The summed E-state index contributed by atoms with van der Waals surface area (Å²) in [4.78, 5) is 65.9. The van der Waals surface area contributed by atoms with Gasteiger partial charge in [0.2, 0.25) is 11.8 Å². The normalized spacial score (nSPS) is 25.8. The van der Waals surface area contributed by atoms with E-state index in [1.807, 2.05) is 36.4 Å². The molecule has 284 valence electrons. The Hall–Kier alpha value is -4.72. The number of nitrogens with zero attached hydrogens (tertiary/aromatic N) is 3. The molecule has 4 unspecified atom stereocenters. The van der Waals surface area contributed by atoms with E-state index in [-0.39, 0.29) is 31.2 Å². The molecule has 0 radical (unpaired) electrons. The molecule has 2 aromatic heterocycles. The van der Waals surface area contributed by atoms with Crippen LogP contribution >= 0.6 is 11.3 Å². The number of nitrogens with one attached hydrogen (secondary N) is 2. The Morgan fingerprint density at radius 3 is 2.64 bits per heavy atom. The first-order valence-corrected chi connectivity index (χ1v) is 19.1. The van der Waals surface area contributed by atoms with Crippen molar-refractivity contribution in [3.63, 3.8) is 0 Å². The standard InChI is InChI=1S/C39H49N5O8S/c1-22(2)34-40-20-32(53-34)29-18-31(26-15-14-24(50-6)16-28(26)41-29)51-25-17-30-33(45)43-39(36(47)48)19-23(39)12-10-8-7-9-11-13-27(35(46)44(30)21-25)42-37(49)52-38(3,4)5/h10,12,14-16,18,20,22-23,25,27,30H,7-9,11,13,17,19,21H2,1-6H3,(H,42,49)(H,43,45)(H,47,48)/b12-10-/t23?,25-,27?,30?,39?/m1/s1. The molecule has 1 aromatic carbocycles. The zero-order valence-corrected chi connectivity index (χ0v) is 32.0. The monoisotopic (exact) mass is 747 g/mol. The number of pyridine rings is 1. The summed E-state index contributed by atoms with van der Waals surface area (Å²) >= 11 is 1.55. The number of carbonyl (C=O) groups excluding carboxylic acids is 3. The van der Waals surface area contributed by atoms with Gasteiger partial charge in [0.1, 0.15) is 40.8 Å². The lowest BCUT2D eigenvalue weighted by Crippen LogP contribution is -2.56. The van der Waals surface area contributed by atoms with Gasteiger partial charge in [0, 0.05) is 42.0 Å². The van der Waals surface area contributed by atoms with Crippen LogP contribution in [-0.2, 0) is 19.1 Å². The maximum Gasteiger partial charge on any atom is 0.408 e. The molecular formula is C39H49N5O8S. The molecule has 2 fully saturated rings. The minimum Gasteiger partial charge on any atom is -0.497 e. The molecule has 3 amide bonds. The van der Waals surface area contributed by atoms with Crippen LogP contribution in [0, 0.1) is 5.92 Å². The number of carboxylic acids is 1. The lowest BCUT2D eigenvalue weighted by molar-refractivity contribution is -0.145. The molecular weight excluding hydrogens is 699 g/mol. The molecule has 13 nitrogen and oxygen atoms in total. The van der Waals surface area contributed by atoms with Crippen LogP contribution < -0.4 is 20.1 Å². The molecule has 2 aliphatic heterocycles. The second kappa shape index (κ2) is 15.3. The SMILES string of the molecule is COc1ccc2c(O[C@@H]3CC4C(=O)NC5(C(=O)O)CC5/C=C\CCCCCC(NC(=O)OC(C)(C)C)C(=O)N4C3)cc(-c3cnc(C(C)C)s3)nc2c1. The zero-order chi connectivity index (χ0) is 38.1. The Bertz CT molecular complexity index is 1900. The van der Waals surface area contributed by atoms with Crippen molar-refractivity contribution in [2.75, 3.05) is 13.7 Å². The molecule has 1 saturated heterocycles. The van der Waals surface area contributed by atoms with Crippen LogP contribution in [0.4, 0.5) is 4.79 Å². The maximum absolute atomic E-state index is 14.5. The van der Waals surface area contributed by atoms with Crippen molar-refractivity contribution < 1.29 is 38.5 Å². The van der Waals surface area contributed by atoms with Gasteiger partial charge in [0.25, 0.3) is 0 Å². The molecule has 3 aliphatic rings. The number of rotatable bonds is 7. The Kier molecular flexibility index (Phi) is 11.0. The van der Waals surface area contributed by atoms with Gasteiger partial charge in [-0.2, -0.15) is 0 Å². The molecule has 3 N–H and O–H groups in total. The van der Waals surface area contributed by atoms with Gasteiger partial charge in [-0.25, -0.2) is 19.6 Å². The lowest BCUT2D eigenvalue weighted by atomic mass is 10.0. The summed E-state index contributed by atoms with van der Waals surface area (Å²) in [5, 5.41) is 17.5. The lowest BCUT2D eigenvalue weighted by Gasteiger charge is -2.30. The third-order valence-corrected chi connectivity index (χ3v) is 11.2. The van der Waals surface area contributed by atoms with Gasteiger partial charge in [-0.05, 0) is 58.6 Å². The maximum atomic E-state index is 14.5. The molecule has 1 saturated carbocycles. The number of ether oxygens (including phenoxy) is 3. The number of hydrogen-bond acceptors (Lipinski definition) is 10. The van der Waals surface area contributed by atoms with E-state index >= 15 is 0 Å². The molecule has 1 aliphatic carbocycles. The quantitative estimate of drug-likeness (QED) is 0.236. The Morgan fingerprint density at radius 2 is 1.94 bits per heavy atom. The summed E-state index contributed by atoms with van der Waals surface area (Å²) in [6.45, 7) is 9.42. The number of carboxylic acid groups (broad SMARTS) is 1. The molecule has 3 aromatic rings. The summed E-state index contributed by atoms with van der Waals surface area (Å²) in [5.41, 5.74) is -0.944. The summed E-state index contributed by atoms with van der Waals surface area (Å²) < 4.78 is 17.7. The number of amides is 3. The first-order valence-electron chi connectivity index (χ1n) is 18.3. The number of fused-ring (bicyclic) bond motifs is 3. The fraction of sp³-hybridized carbons (Fsp3) is 0.538. The highest BCUT2D eigenvalue weighted by atomic mass is 32.1. The van der Waals surface area contributed by atoms with E-state index in [4.69, 9.17) is 19.2 Å². The average Bonchev–Trinajstić information content (AvgIpc) is 3.40. The summed E-state index contributed by atoms with van der Waals surface area (Å²) in [6.07, 6.45) is 7.98. The number of allylic oxidation sites excluding steroid dienone is 1. The molecule has 6 rings (SSSR count). The zero-order valence-electron chi connectivity index (χ0n) is 31.1. The van der Waals surface area contributed by atoms with E-state index in [9.17, 15) is 24.3 Å². The van der Waals surface area contributed by atoms with Gasteiger partial charge < -0.3 is 34.9 Å². The first-order chi connectivity index (χ1) is 25.2. The van der Waals surface area contributed by atoms with Crippen LogP contribution in [0.2, 0.25) is 0 Å². The fourth-order valence-corrected chi connectivity index (χ4v) is 7.86. The van der Waals surface area contributed by atoms with Gasteiger partial charge in [-0.1, -0.05) is 38.8 Å². The van der Waals surface area contributed by atoms with E-state index in [0.29, 0.717) is 40.9 Å². The van der Waals surface area contributed by atoms with Gasteiger partial charge >= 0.3 is 12.1 Å². The molecule has 14 heteroatoms. The van der Waals surface area contributed by atoms with Crippen molar-refractivity contribution in [2.24, 2.45) is 5.92 Å². The van der Waals surface area contributed by atoms with Crippen molar-refractivity contribution in [2.45, 2.75) is 115 Å². The smallest absolute Gasteiger partial charge is 0.408 e.